The van der Waals surface area contributed by atoms with Crippen LogP contribution in [0.3, 0.4) is 0 Å². The van der Waals surface area contributed by atoms with Gasteiger partial charge in [0.1, 0.15) is 15.2 Å². The lowest BCUT2D eigenvalue weighted by atomic mass is 9.84. The average molecular weight is 476 g/mol. The van der Waals surface area contributed by atoms with E-state index in [0.717, 1.165) is 0 Å². The quantitative estimate of drug-likeness (QED) is 0.659. The lowest BCUT2D eigenvalue weighted by Crippen LogP contribution is -2.36. The first-order valence-corrected chi connectivity index (χ1v) is 9.62. The minimum Gasteiger partial charge on any atom is -0.364 e. The fourth-order valence-electron chi connectivity index (χ4n) is 3.37. The van der Waals surface area contributed by atoms with Gasteiger partial charge in [-0.15, -0.1) is 11.6 Å². The Hall–Kier alpha value is -2.96. The van der Waals surface area contributed by atoms with Crippen LogP contribution in [0.1, 0.15) is 43.7 Å². The maximum Gasteiger partial charge on any atom is 0.267 e. The Kier molecular flexibility index (Phi) is 5.59. The van der Waals surface area contributed by atoms with Gasteiger partial charge in [0.2, 0.25) is 0 Å². The molecular weight excluding hydrogens is 460 g/mol. The molecule has 1 aliphatic rings. The fraction of sp³-hybridized carbons (Fsp3) is 0.211. The van der Waals surface area contributed by atoms with E-state index in [9.17, 15) is 14.9 Å². The molecular formula is C19H16BrClN6O2. The van der Waals surface area contributed by atoms with E-state index in [1.165, 1.54) is 30.1 Å². The number of nitrogens with zero attached hydrogens (tertiary/aromatic N) is 4. The van der Waals surface area contributed by atoms with Crippen molar-refractivity contribution in [3.05, 3.63) is 62.9 Å². The summed E-state index contributed by atoms with van der Waals surface area (Å²) in [5, 5.41) is 16.2. The van der Waals surface area contributed by atoms with Crippen LogP contribution in [0.15, 0.2) is 39.9 Å². The van der Waals surface area contributed by atoms with Gasteiger partial charge in [0.05, 0.1) is 11.6 Å². The fourth-order valence-corrected chi connectivity index (χ4v) is 4.23. The molecule has 0 radical (unpaired) electrons. The second-order valence-electron chi connectivity index (χ2n) is 6.37. The molecule has 1 aromatic heterocycles. The number of aryl methyl sites for hydroxylation is 1. The van der Waals surface area contributed by atoms with Crippen molar-refractivity contribution >= 4 is 45.6 Å². The zero-order valence-electron chi connectivity index (χ0n) is 15.5. The first-order chi connectivity index (χ1) is 13.7. The first-order valence-electron chi connectivity index (χ1n) is 8.45. The van der Waals surface area contributed by atoms with Gasteiger partial charge in [0.15, 0.2) is 6.17 Å². The van der Waals surface area contributed by atoms with Crippen molar-refractivity contribution in [2.45, 2.75) is 18.0 Å². The van der Waals surface area contributed by atoms with Gasteiger partial charge in [-0.2, -0.15) is 10.4 Å². The highest BCUT2D eigenvalue weighted by atomic mass is 79.9. The number of nitriles is 1. The normalized spacial score (nSPS) is 20.3. The predicted molar refractivity (Wildman–Crippen MR) is 112 cm³/mol. The number of hydrogen-bond donors (Lipinski definition) is 2. The predicted octanol–water partition coefficient (Wildman–Crippen LogP) is 2.56. The number of amides is 2. The molecule has 148 valence electrons. The monoisotopic (exact) mass is 474 g/mol. The molecule has 2 aromatic rings. The van der Waals surface area contributed by atoms with Gasteiger partial charge in [-0.1, -0.05) is 6.08 Å². The zero-order valence-corrected chi connectivity index (χ0v) is 17.8. The highest BCUT2D eigenvalue weighted by molar-refractivity contribution is 9.10. The van der Waals surface area contributed by atoms with E-state index in [-0.39, 0.29) is 11.3 Å². The first kappa shape index (κ1) is 20.8. The number of hydrogen-bond acceptors (Lipinski definition) is 5. The summed E-state index contributed by atoms with van der Waals surface area (Å²) < 4.78 is 1.71. The van der Waals surface area contributed by atoms with Crippen LogP contribution in [0.2, 0.25) is 0 Å². The Morgan fingerprint density at radius 1 is 1.41 bits per heavy atom. The van der Waals surface area contributed by atoms with E-state index in [1.54, 1.807) is 25.1 Å². The van der Waals surface area contributed by atoms with Crippen LogP contribution in [0, 0.1) is 18.3 Å². The standard InChI is InChI=1S/C19H16BrClN6O2/c1-10-6-11(9-22)7-12(17(29)24-2)15(10)19(21)4-3-5-25-18(19)27-13(16(23)28)8-14(20)26-27/h3-8,18H,1-2H3,(H2,23,28)(H,24,29). The number of alkyl halides is 1. The van der Waals surface area contributed by atoms with Crippen molar-refractivity contribution in [1.29, 1.82) is 5.26 Å². The Labute approximate surface area is 180 Å². The van der Waals surface area contributed by atoms with Crippen LogP contribution in [-0.4, -0.2) is 34.9 Å². The summed E-state index contributed by atoms with van der Waals surface area (Å²) in [7, 11) is 1.49. The third-order valence-corrected chi connectivity index (χ3v) is 5.44. The Morgan fingerprint density at radius 3 is 2.76 bits per heavy atom. The van der Waals surface area contributed by atoms with E-state index in [0.29, 0.717) is 21.3 Å². The highest BCUT2D eigenvalue weighted by Crippen LogP contribution is 2.47. The molecule has 3 N–H and O–H groups in total. The van der Waals surface area contributed by atoms with Crippen molar-refractivity contribution in [3.63, 3.8) is 0 Å². The zero-order chi connectivity index (χ0) is 21.3. The van der Waals surface area contributed by atoms with Gasteiger partial charge in [-0.3, -0.25) is 14.6 Å². The van der Waals surface area contributed by atoms with Gasteiger partial charge in [-0.05, 0) is 52.2 Å². The van der Waals surface area contributed by atoms with Crippen LogP contribution in [-0.2, 0) is 4.87 Å². The van der Waals surface area contributed by atoms with Crippen molar-refractivity contribution in [2.75, 3.05) is 7.05 Å². The van der Waals surface area contributed by atoms with E-state index < -0.39 is 22.9 Å². The number of carbonyl (C=O) groups excluding carboxylic acids is 2. The number of halogens is 2. The molecule has 0 bridgehead atoms. The Morgan fingerprint density at radius 2 is 2.14 bits per heavy atom. The summed E-state index contributed by atoms with van der Waals surface area (Å²) in [6, 6.07) is 6.63. The Balaban J connectivity index is 2.30. The molecule has 0 aliphatic carbocycles. The molecule has 2 amide bonds. The van der Waals surface area contributed by atoms with E-state index in [4.69, 9.17) is 17.3 Å². The van der Waals surface area contributed by atoms with Gasteiger partial charge < -0.3 is 11.1 Å². The third-order valence-electron chi connectivity index (χ3n) is 4.54. The van der Waals surface area contributed by atoms with Gasteiger partial charge in [0, 0.05) is 24.9 Å². The van der Waals surface area contributed by atoms with Crippen LogP contribution < -0.4 is 11.1 Å². The molecule has 0 fully saturated rings. The van der Waals surface area contributed by atoms with Crippen LogP contribution >= 0.6 is 27.5 Å². The molecule has 29 heavy (non-hydrogen) atoms. The Bertz CT molecular complexity index is 1120. The van der Waals surface area contributed by atoms with Crippen molar-refractivity contribution in [2.24, 2.45) is 10.7 Å². The number of benzene rings is 1. The number of aromatic nitrogens is 2. The number of dihydropyridines is 1. The van der Waals surface area contributed by atoms with E-state index in [1.807, 2.05) is 6.07 Å². The summed E-state index contributed by atoms with van der Waals surface area (Å²) in [5.74, 6) is -1.10. The lowest BCUT2D eigenvalue weighted by Gasteiger charge is -2.35. The van der Waals surface area contributed by atoms with Gasteiger partial charge >= 0.3 is 0 Å². The smallest absolute Gasteiger partial charge is 0.267 e. The van der Waals surface area contributed by atoms with Crippen molar-refractivity contribution in [1.82, 2.24) is 15.1 Å². The topological polar surface area (TPSA) is 126 Å². The summed E-state index contributed by atoms with van der Waals surface area (Å²) in [6.45, 7) is 1.75. The molecule has 2 atom stereocenters. The van der Waals surface area contributed by atoms with Crippen LogP contribution in [0.25, 0.3) is 0 Å². The van der Waals surface area contributed by atoms with E-state index in [2.05, 4.69) is 31.3 Å². The maximum atomic E-state index is 12.6. The molecule has 2 heterocycles. The second-order valence-corrected chi connectivity index (χ2v) is 7.80. The molecule has 2 unspecified atom stereocenters. The van der Waals surface area contributed by atoms with Gasteiger partial charge in [-0.25, -0.2) is 4.68 Å². The minimum atomic E-state index is -1.37. The SMILES string of the molecule is CNC(=O)c1cc(C#N)cc(C)c1C1(Cl)C=CC=NC1n1nc(Br)cc1C(N)=O. The number of nitrogens with two attached hydrogens (primary N) is 1. The molecule has 0 saturated carbocycles. The lowest BCUT2D eigenvalue weighted by molar-refractivity contribution is 0.0956. The molecule has 1 aliphatic heterocycles. The number of aliphatic imine (C=N–C) groups is 1. The molecule has 0 spiro atoms. The minimum absolute atomic E-state index is 0.104. The molecule has 10 heteroatoms. The molecule has 1 aromatic carbocycles. The summed E-state index contributed by atoms with van der Waals surface area (Å²) in [4.78, 5) is 27.6. The summed E-state index contributed by atoms with van der Waals surface area (Å²) in [5.41, 5.74) is 7.23. The molecule has 0 saturated heterocycles. The third kappa shape index (κ3) is 3.57. The van der Waals surface area contributed by atoms with Crippen molar-refractivity contribution in [3.8, 4) is 6.07 Å². The number of primary amides is 1. The second kappa shape index (κ2) is 7.81. The number of carbonyl (C=O) groups is 2. The van der Waals surface area contributed by atoms with Crippen molar-refractivity contribution < 1.29 is 9.59 Å². The highest BCUT2D eigenvalue weighted by Gasteiger charge is 2.44. The summed E-state index contributed by atoms with van der Waals surface area (Å²) >= 11 is 10.3. The van der Waals surface area contributed by atoms with E-state index >= 15 is 0 Å². The largest absolute Gasteiger partial charge is 0.364 e. The summed E-state index contributed by atoms with van der Waals surface area (Å²) in [6.07, 6.45) is 3.95. The van der Waals surface area contributed by atoms with Crippen LogP contribution in [0.5, 0.6) is 0 Å². The van der Waals surface area contributed by atoms with Crippen LogP contribution in [0.4, 0.5) is 0 Å². The number of rotatable bonds is 4. The number of allylic oxidation sites excluding steroid dienone is 1. The van der Waals surface area contributed by atoms with Gasteiger partial charge in [0.25, 0.3) is 11.8 Å². The molecule has 8 nitrogen and oxygen atoms in total. The number of nitrogens with one attached hydrogen (secondary N) is 1. The average Bonchev–Trinajstić information content (AvgIpc) is 3.08. The molecule has 3 rings (SSSR count). The maximum absolute atomic E-state index is 12.6.